The molecule has 4 aromatic rings. The van der Waals surface area contributed by atoms with Crippen molar-refractivity contribution >= 4 is 40.0 Å². The number of imidazole rings is 1. The Morgan fingerprint density at radius 1 is 1.04 bits per heavy atom. The van der Waals surface area contributed by atoms with Gasteiger partial charge in [0.15, 0.2) is 11.6 Å². The van der Waals surface area contributed by atoms with Crippen LogP contribution in [0.15, 0.2) is 49.1 Å². The minimum absolute atomic E-state index is 0.0615. The molecular formula is C38H43FN8O2. The summed E-state index contributed by atoms with van der Waals surface area (Å²) in [6, 6.07) is 10.7. The van der Waals surface area contributed by atoms with Crippen LogP contribution in [0.1, 0.15) is 70.9 Å². The molecule has 6 heterocycles. The lowest BCUT2D eigenvalue weighted by Crippen LogP contribution is -2.58. The molecule has 9 rings (SSSR count). The summed E-state index contributed by atoms with van der Waals surface area (Å²) in [6.45, 7) is 9.32. The highest BCUT2D eigenvalue weighted by Crippen LogP contribution is 2.53. The summed E-state index contributed by atoms with van der Waals surface area (Å²) in [5.74, 6) is 2.11. The molecule has 5 aliphatic rings. The summed E-state index contributed by atoms with van der Waals surface area (Å²) < 4.78 is 16.8. The highest BCUT2D eigenvalue weighted by molar-refractivity contribution is 6.09. The normalized spacial score (nSPS) is 25.9. The Labute approximate surface area is 285 Å². The van der Waals surface area contributed by atoms with Crippen LogP contribution < -0.4 is 10.2 Å². The van der Waals surface area contributed by atoms with Gasteiger partial charge in [-0.25, -0.2) is 14.4 Å². The van der Waals surface area contributed by atoms with E-state index in [4.69, 9.17) is 9.97 Å². The van der Waals surface area contributed by atoms with E-state index in [1.807, 2.05) is 15.5 Å². The third-order valence-corrected chi connectivity index (χ3v) is 12.2. The third-order valence-electron chi connectivity index (χ3n) is 12.2. The summed E-state index contributed by atoms with van der Waals surface area (Å²) in [5.41, 5.74) is 4.80. The average molecular weight is 663 g/mol. The van der Waals surface area contributed by atoms with Gasteiger partial charge in [-0.15, -0.1) is 0 Å². The van der Waals surface area contributed by atoms with E-state index in [9.17, 15) is 14.0 Å². The van der Waals surface area contributed by atoms with E-state index >= 15 is 0 Å². The Morgan fingerprint density at radius 3 is 2.59 bits per heavy atom. The first-order chi connectivity index (χ1) is 23.7. The number of hydrogen-bond donors (Lipinski definition) is 1. The Balaban J connectivity index is 1.10. The number of halogens is 1. The highest BCUT2D eigenvalue weighted by atomic mass is 19.1. The van der Waals surface area contributed by atoms with Crippen molar-refractivity contribution in [2.75, 3.05) is 36.4 Å². The van der Waals surface area contributed by atoms with Crippen LogP contribution >= 0.6 is 0 Å². The topological polar surface area (TPSA) is 99.5 Å². The van der Waals surface area contributed by atoms with Gasteiger partial charge in [-0.2, -0.15) is 0 Å². The van der Waals surface area contributed by atoms with Crippen LogP contribution in [-0.2, 0) is 15.0 Å². The number of nitrogens with one attached hydrogen (secondary N) is 1. The highest BCUT2D eigenvalue weighted by Gasteiger charge is 2.56. The van der Waals surface area contributed by atoms with Crippen molar-refractivity contribution < 1.29 is 14.0 Å². The van der Waals surface area contributed by atoms with Crippen molar-refractivity contribution in [1.82, 2.24) is 29.3 Å². The number of benzene rings is 1. The van der Waals surface area contributed by atoms with Gasteiger partial charge in [-0.1, -0.05) is 12.1 Å². The largest absolute Gasteiger partial charge is 0.343 e. The first kappa shape index (κ1) is 30.7. The molecule has 2 saturated carbocycles. The molecule has 2 aliphatic carbocycles. The van der Waals surface area contributed by atoms with Gasteiger partial charge < -0.3 is 19.7 Å². The molecule has 1 spiro atoms. The Bertz CT molecular complexity index is 1980. The first-order valence-electron chi connectivity index (χ1n) is 17.9. The van der Waals surface area contributed by atoms with Gasteiger partial charge in [-0.3, -0.25) is 19.5 Å². The molecule has 2 saturated heterocycles. The summed E-state index contributed by atoms with van der Waals surface area (Å²) >= 11 is 0. The molecule has 2 unspecified atom stereocenters. The number of nitrogens with zero attached hydrogens (tertiary/aromatic N) is 7. The van der Waals surface area contributed by atoms with E-state index in [2.05, 4.69) is 52.1 Å². The molecule has 0 radical (unpaired) electrons. The lowest BCUT2D eigenvalue weighted by Gasteiger charge is -2.48. The lowest BCUT2D eigenvalue weighted by molar-refractivity contribution is -0.134. The number of carbonyl (C=O) groups is 2. The number of pyridine rings is 2. The first-order valence-corrected chi connectivity index (χ1v) is 17.9. The van der Waals surface area contributed by atoms with Crippen LogP contribution in [0, 0.1) is 17.7 Å². The van der Waals surface area contributed by atoms with Gasteiger partial charge in [-0.05, 0) is 94.5 Å². The molecule has 1 N–H and O–H groups in total. The van der Waals surface area contributed by atoms with E-state index in [-0.39, 0.29) is 29.6 Å². The molecular weight excluding hydrogens is 619 g/mol. The van der Waals surface area contributed by atoms with Gasteiger partial charge in [0.25, 0.3) is 0 Å². The van der Waals surface area contributed by atoms with Crippen molar-refractivity contribution in [2.24, 2.45) is 11.8 Å². The second-order valence-electron chi connectivity index (χ2n) is 15.3. The Hall–Kier alpha value is -4.38. The lowest BCUT2D eigenvalue weighted by atomic mass is 9.73. The van der Waals surface area contributed by atoms with Gasteiger partial charge >= 0.3 is 0 Å². The van der Waals surface area contributed by atoms with E-state index in [0.717, 1.165) is 52.5 Å². The van der Waals surface area contributed by atoms with Crippen molar-refractivity contribution in [3.8, 4) is 11.3 Å². The standard InChI is InChI=1S/C38H43FN8O2/c1-22(2)46-21-41-33-18-32(43-36(35(33)46)42-31-6-10-40-19-30(31)39)25-4-5-29-34(15-25)47(37(49)38(29)8-12-44(13-9-38)23(3)48)28-16-27(17-28)45-11-7-24-14-26(24)20-45/h4-6,10,15,18-19,21-22,24,26-28H,7-9,11-14,16-17,20H2,1-3H3,(H,40,42,43). The fourth-order valence-electron chi connectivity index (χ4n) is 9.10. The summed E-state index contributed by atoms with van der Waals surface area (Å²) in [4.78, 5) is 47.3. The zero-order valence-electron chi connectivity index (χ0n) is 28.4. The number of piperidine rings is 2. The van der Waals surface area contributed by atoms with Crippen LogP contribution in [0.25, 0.3) is 22.3 Å². The summed E-state index contributed by atoms with van der Waals surface area (Å²) in [5, 5.41) is 3.22. The number of likely N-dealkylation sites (tertiary alicyclic amines) is 2. The molecule has 254 valence electrons. The molecule has 4 fully saturated rings. The number of aromatic nitrogens is 4. The SMILES string of the molecule is CC(=O)N1CCC2(CC1)C(=O)N(C1CC(N3CCC4CC4C3)C1)c1cc(-c3cc4ncn(C(C)C)c4c(Nc4ccncc4F)n3)ccc12. The van der Waals surface area contributed by atoms with Crippen molar-refractivity contribution in [3.05, 3.63) is 60.4 Å². The van der Waals surface area contributed by atoms with Gasteiger partial charge in [0.05, 0.1) is 34.8 Å². The van der Waals surface area contributed by atoms with E-state index < -0.39 is 11.2 Å². The quantitative estimate of drug-likeness (QED) is 0.268. The molecule has 3 aliphatic heterocycles. The fraction of sp³-hybridized carbons (Fsp3) is 0.500. The number of rotatable bonds is 6. The fourth-order valence-corrected chi connectivity index (χ4v) is 9.10. The predicted octanol–water partition coefficient (Wildman–Crippen LogP) is 6.06. The Kier molecular flexibility index (Phi) is 7.09. The van der Waals surface area contributed by atoms with Gasteiger partial charge in [0, 0.05) is 62.1 Å². The maximum atomic E-state index is 14.8. The van der Waals surface area contributed by atoms with Gasteiger partial charge in [0.1, 0.15) is 5.52 Å². The average Bonchev–Trinajstić information content (AvgIpc) is 3.66. The van der Waals surface area contributed by atoms with Crippen LogP contribution in [0.2, 0.25) is 0 Å². The molecule has 3 aromatic heterocycles. The second kappa shape index (κ2) is 11.3. The van der Waals surface area contributed by atoms with E-state index in [0.29, 0.717) is 43.5 Å². The van der Waals surface area contributed by atoms with Crippen LogP contribution in [-0.4, -0.2) is 79.4 Å². The van der Waals surface area contributed by atoms with Crippen molar-refractivity contribution in [2.45, 2.75) is 82.8 Å². The van der Waals surface area contributed by atoms with E-state index in [1.165, 1.54) is 32.1 Å². The minimum Gasteiger partial charge on any atom is -0.343 e. The number of hydrogen-bond acceptors (Lipinski definition) is 7. The summed E-state index contributed by atoms with van der Waals surface area (Å²) in [6.07, 6.45) is 10.5. The maximum absolute atomic E-state index is 14.8. The van der Waals surface area contributed by atoms with Crippen LogP contribution in [0.4, 0.5) is 21.6 Å². The number of anilines is 3. The minimum atomic E-state index is -0.629. The van der Waals surface area contributed by atoms with Crippen molar-refractivity contribution in [3.63, 3.8) is 0 Å². The van der Waals surface area contributed by atoms with Gasteiger partial charge in [0.2, 0.25) is 11.8 Å². The molecule has 1 aromatic carbocycles. The molecule has 0 bridgehead atoms. The zero-order chi connectivity index (χ0) is 33.6. The second-order valence-corrected chi connectivity index (χ2v) is 15.3. The predicted molar refractivity (Wildman–Crippen MR) is 186 cm³/mol. The van der Waals surface area contributed by atoms with Crippen LogP contribution in [0.5, 0.6) is 0 Å². The number of fused-ring (bicyclic) bond motifs is 4. The number of carbonyl (C=O) groups excluding carboxylic acids is 2. The smallest absolute Gasteiger partial charge is 0.238 e. The van der Waals surface area contributed by atoms with Crippen LogP contribution in [0.3, 0.4) is 0 Å². The number of amides is 2. The Morgan fingerprint density at radius 2 is 1.86 bits per heavy atom. The zero-order valence-corrected chi connectivity index (χ0v) is 28.4. The van der Waals surface area contributed by atoms with Crippen molar-refractivity contribution in [1.29, 1.82) is 0 Å². The molecule has 11 heteroatoms. The summed E-state index contributed by atoms with van der Waals surface area (Å²) in [7, 11) is 0. The maximum Gasteiger partial charge on any atom is 0.238 e. The molecule has 2 amide bonds. The third kappa shape index (κ3) is 4.94. The molecule has 49 heavy (non-hydrogen) atoms. The molecule has 2 atom stereocenters. The van der Waals surface area contributed by atoms with E-state index in [1.54, 1.807) is 25.5 Å². The molecule has 10 nitrogen and oxygen atoms in total. The monoisotopic (exact) mass is 662 g/mol.